The number of amides is 3. The Bertz CT molecular complexity index is 2520. The smallest absolute Gasteiger partial charge is 0.335 e. The molecule has 5 unspecified atom stereocenters. The van der Waals surface area contributed by atoms with Gasteiger partial charge in [-0.15, -0.1) is 0 Å². The summed E-state index contributed by atoms with van der Waals surface area (Å²) in [5.41, 5.74) is 1.51. The van der Waals surface area contributed by atoms with Crippen molar-refractivity contribution in [1.82, 2.24) is 30.2 Å². The summed E-state index contributed by atoms with van der Waals surface area (Å²) >= 11 is 0. The second-order valence-electron chi connectivity index (χ2n) is 21.2. The molecule has 25 nitrogen and oxygen atoms in total. The number of ether oxygens (including phenoxy) is 9. The summed E-state index contributed by atoms with van der Waals surface area (Å²) in [7, 11) is -6.05. The minimum Gasteiger partial charge on any atom is -0.463 e. The van der Waals surface area contributed by atoms with Crippen molar-refractivity contribution in [3.8, 4) is 0 Å². The number of carbonyl (C=O) groups is 6. The Morgan fingerprint density at radius 2 is 1.41 bits per heavy atom. The van der Waals surface area contributed by atoms with Crippen LogP contribution in [-0.2, 0) is 79.6 Å². The molecule has 0 aliphatic carbocycles. The summed E-state index contributed by atoms with van der Waals surface area (Å²) in [5, 5.41) is 8.37. The average molecular weight is 1160 g/mol. The monoisotopic (exact) mass is 1160 g/mol. The molecule has 80 heavy (non-hydrogen) atoms. The fourth-order valence-electron chi connectivity index (χ4n) is 10.2. The van der Waals surface area contributed by atoms with Crippen LogP contribution in [0.2, 0.25) is 22.2 Å². The van der Waals surface area contributed by atoms with Crippen molar-refractivity contribution in [2.45, 2.75) is 180 Å². The number of nitrogens with one attached hydrogen (secondary N) is 3. The first kappa shape index (κ1) is 63.8. The van der Waals surface area contributed by atoms with Crippen molar-refractivity contribution >= 4 is 69.7 Å². The lowest BCUT2D eigenvalue weighted by molar-refractivity contribution is -0.277. The molecule has 3 fully saturated rings. The van der Waals surface area contributed by atoms with Gasteiger partial charge in [0.15, 0.2) is 41.7 Å². The Morgan fingerprint density at radius 1 is 0.738 bits per heavy atom. The molecule has 3 aliphatic heterocycles. The van der Waals surface area contributed by atoms with Crippen LogP contribution in [0.15, 0.2) is 43.0 Å². The van der Waals surface area contributed by atoms with Gasteiger partial charge in [0.2, 0.25) is 11.8 Å². The fourth-order valence-corrected chi connectivity index (χ4v) is 21.4. The molecular formula is C53H81N7O18Si2. The van der Waals surface area contributed by atoms with E-state index in [0.717, 1.165) is 13.8 Å². The van der Waals surface area contributed by atoms with E-state index in [2.05, 4.69) is 86.3 Å². The predicted octanol–water partition coefficient (Wildman–Crippen LogP) is 5.27. The van der Waals surface area contributed by atoms with Gasteiger partial charge in [0.1, 0.15) is 50.2 Å². The van der Waals surface area contributed by atoms with Crippen molar-refractivity contribution in [3.05, 3.63) is 48.5 Å². The van der Waals surface area contributed by atoms with E-state index in [1.165, 1.54) is 20.2 Å². The number of rotatable bonds is 27. The number of nitrogens with zero attached hydrogens (tertiary/aromatic N) is 4. The molecule has 5 heterocycles. The SMILES string of the molecule is CC(=O)NC1C(OCCCCC(=O)NCCOCCOCO[C@@H]2[C@@H]3O[Si](C(C)C)(C(C)C)O[Si](C(C)C)(C(C)C)OC[C@H]3O[C@H]2n2cnc3c(NC(=O)c4ccccc4)ncnc32)OC(COC(C)=O)C(OC(C)=O)C1OC(C)=O. The van der Waals surface area contributed by atoms with E-state index >= 15 is 0 Å². The summed E-state index contributed by atoms with van der Waals surface area (Å²) < 4.78 is 77.1. The van der Waals surface area contributed by atoms with E-state index in [9.17, 15) is 28.8 Å². The molecule has 6 rings (SSSR count). The van der Waals surface area contributed by atoms with Crippen molar-refractivity contribution in [1.29, 1.82) is 0 Å². The van der Waals surface area contributed by atoms with Gasteiger partial charge in [-0.3, -0.25) is 33.3 Å². The first-order valence-electron chi connectivity index (χ1n) is 27.3. The van der Waals surface area contributed by atoms with Crippen LogP contribution in [0.1, 0.15) is 119 Å². The van der Waals surface area contributed by atoms with Gasteiger partial charge in [-0.25, -0.2) is 15.0 Å². The molecule has 3 aliphatic rings. The lowest BCUT2D eigenvalue weighted by atomic mass is 9.96. The molecular weight excluding hydrogens is 1080 g/mol. The maximum atomic E-state index is 13.2. The second kappa shape index (κ2) is 29.6. The summed E-state index contributed by atoms with van der Waals surface area (Å²) in [5.74, 6) is -2.89. The standard InChI is InChI=1S/C53H81N7O18Si2/c1-31(2)79(32(3)4)72-27-41-46(77-80(78-79,33(5)6)34(7)8)48(52(75-41)60-29-57-44-49(55-28-56-50(44)60)59-51(66)39-18-14-13-15-19-39)71-30-68-25-24-67-23-21-54-42(65)20-16-17-22-69-53-43(58-35(9)61)47(74-38(12)64)45(73-37(11)63)40(76-53)26-70-36(10)62/h13-15,18-19,28-29,31-34,40-41,43,45-48,52-53H,16-17,20-27,30H2,1-12H3,(H,54,65)(H,58,61)(H,55,56,59,66)/t40?,41-,43?,45?,46-,47?,48-,52-,53?/m1/s1. The normalized spacial score (nSPS) is 24.5. The van der Waals surface area contributed by atoms with Crippen LogP contribution in [0.25, 0.3) is 11.2 Å². The summed E-state index contributed by atoms with van der Waals surface area (Å²) in [6.07, 6.45) is -3.66. The topological polar surface area (TPSA) is 293 Å². The number of esters is 3. The molecule has 3 saturated heterocycles. The van der Waals surface area contributed by atoms with Crippen molar-refractivity contribution < 1.29 is 84.4 Å². The number of fused-ring (bicyclic) bond motifs is 2. The van der Waals surface area contributed by atoms with Gasteiger partial charge in [0.25, 0.3) is 5.91 Å². The number of carbonyl (C=O) groups excluding carboxylic acids is 6. The maximum absolute atomic E-state index is 13.2. The third-order valence-corrected chi connectivity index (χ3v) is 24.2. The van der Waals surface area contributed by atoms with Crippen molar-refractivity contribution in [3.63, 3.8) is 0 Å². The molecule has 3 amide bonds. The Morgan fingerprint density at radius 3 is 2.06 bits per heavy atom. The van der Waals surface area contributed by atoms with Gasteiger partial charge in [-0.2, -0.15) is 0 Å². The average Bonchev–Trinajstić information content (AvgIpc) is 4.19. The highest BCUT2D eigenvalue weighted by atomic mass is 28.5. The molecule has 2 aromatic heterocycles. The number of aromatic nitrogens is 4. The summed E-state index contributed by atoms with van der Waals surface area (Å²) in [6, 6.07) is 7.71. The molecule has 1 aromatic carbocycles. The van der Waals surface area contributed by atoms with Gasteiger partial charge in [-0.1, -0.05) is 73.6 Å². The highest BCUT2D eigenvalue weighted by Gasteiger charge is 2.62. The summed E-state index contributed by atoms with van der Waals surface area (Å²) in [6.45, 7) is 22.6. The Labute approximate surface area is 469 Å². The molecule has 27 heteroatoms. The van der Waals surface area contributed by atoms with Crippen LogP contribution in [0.4, 0.5) is 5.82 Å². The lowest BCUT2D eigenvalue weighted by Gasteiger charge is -2.51. The number of imidazole rings is 1. The molecule has 3 aromatic rings. The quantitative estimate of drug-likeness (QED) is 0.0288. The van der Waals surface area contributed by atoms with Gasteiger partial charge >= 0.3 is 35.0 Å². The molecule has 0 bridgehead atoms. The van der Waals surface area contributed by atoms with Crippen LogP contribution < -0.4 is 16.0 Å². The number of anilines is 1. The van der Waals surface area contributed by atoms with Crippen LogP contribution in [-0.4, -0.2) is 174 Å². The Kier molecular flexibility index (Phi) is 23.6. The molecule has 3 N–H and O–H groups in total. The number of benzene rings is 1. The van der Waals surface area contributed by atoms with Gasteiger partial charge < -0.3 is 71.5 Å². The van der Waals surface area contributed by atoms with Crippen LogP contribution in [0.5, 0.6) is 0 Å². The second-order valence-corrected chi connectivity index (χ2v) is 30.0. The molecule has 0 saturated carbocycles. The highest BCUT2D eigenvalue weighted by Crippen LogP contribution is 2.49. The molecule has 9 atom stereocenters. The van der Waals surface area contributed by atoms with E-state index in [4.69, 9.17) is 55.6 Å². The van der Waals surface area contributed by atoms with E-state index in [0.29, 0.717) is 29.6 Å². The zero-order valence-electron chi connectivity index (χ0n) is 48.0. The van der Waals surface area contributed by atoms with Crippen molar-refractivity contribution in [2.75, 3.05) is 58.3 Å². The first-order valence-corrected chi connectivity index (χ1v) is 31.3. The third-order valence-electron chi connectivity index (χ3n) is 14.0. The highest BCUT2D eigenvalue weighted by molar-refractivity contribution is 6.84. The Balaban J connectivity index is 1.03. The predicted molar refractivity (Wildman–Crippen MR) is 291 cm³/mol. The maximum Gasteiger partial charge on any atom is 0.335 e. The fraction of sp³-hybridized carbons (Fsp3) is 0.679. The van der Waals surface area contributed by atoms with Crippen LogP contribution >= 0.6 is 0 Å². The van der Waals surface area contributed by atoms with Gasteiger partial charge in [0, 0.05) is 52.8 Å². The number of unbranched alkanes of at least 4 members (excludes halogenated alkanes) is 1. The third kappa shape index (κ3) is 16.2. The van der Waals surface area contributed by atoms with E-state index < -0.39 is 96.1 Å². The van der Waals surface area contributed by atoms with Crippen LogP contribution in [0, 0.1) is 0 Å². The number of hydrogen-bond donors (Lipinski definition) is 3. The van der Waals surface area contributed by atoms with Crippen molar-refractivity contribution in [2.24, 2.45) is 0 Å². The minimum absolute atomic E-state index is 0.0332. The van der Waals surface area contributed by atoms with Crippen LogP contribution in [0.3, 0.4) is 0 Å². The lowest BCUT2D eigenvalue weighted by Crippen LogP contribution is -2.66. The largest absolute Gasteiger partial charge is 0.463 e. The Hall–Kier alpha value is -5.34. The van der Waals surface area contributed by atoms with Gasteiger partial charge in [-0.05, 0) is 47.1 Å². The van der Waals surface area contributed by atoms with Gasteiger partial charge in [0.05, 0.1) is 32.8 Å². The first-order chi connectivity index (χ1) is 38.1. The zero-order chi connectivity index (χ0) is 58.3. The minimum atomic E-state index is -3.13. The van der Waals surface area contributed by atoms with E-state index in [1.54, 1.807) is 35.2 Å². The molecule has 0 spiro atoms. The number of hydrogen-bond acceptors (Lipinski definition) is 21. The summed E-state index contributed by atoms with van der Waals surface area (Å²) in [4.78, 5) is 87.7. The molecule has 0 radical (unpaired) electrons. The zero-order valence-corrected chi connectivity index (χ0v) is 50.0. The van der Waals surface area contributed by atoms with E-state index in [-0.39, 0.29) is 99.2 Å². The molecule has 444 valence electrons. The van der Waals surface area contributed by atoms with E-state index in [1.807, 2.05) is 6.07 Å².